The fraction of sp³-hybridized carbons (Fsp3) is 0.500. The SMILES string of the molecule is FC(F)(F)c1ccnc(N2CC3CCN(Cc4cscn4)C3C2)c1. The molecule has 2 aromatic rings. The number of aromatic nitrogens is 2. The van der Waals surface area contributed by atoms with Crippen molar-refractivity contribution >= 4 is 17.2 Å². The van der Waals surface area contributed by atoms with Crippen molar-refractivity contribution in [2.45, 2.75) is 25.2 Å². The monoisotopic (exact) mass is 354 g/mol. The second-order valence-corrected chi connectivity index (χ2v) is 7.09. The van der Waals surface area contributed by atoms with Gasteiger partial charge in [0.2, 0.25) is 0 Å². The number of fused-ring (bicyclic) bond motifs is 1. The van der Waals surface area contributed by atoms with E-state index in [1.54, 1.807) is 11.3 Å². The lowest BCUT2D eigenvalue weighted by Gasteiger charge is -2.24. The molecule has 0 amide bonds. The average Bonchev–Trinajstić information content (AvgIpc) is 3.26. The molecule has 0 aliphatic carbocycles. The number of rotatable bonds is 3. The van der Waals surface area contributed by atoms with Gasteiger partial charge in [0.25, 0.3) is 0 Å². The molecule has 24 heavy (non-hydrogen) atoms. The second-order valence-electron chi connectivity index (χ2n) is 6.37. The average molecular weight is 354 g/mol. The lowest BCUT2D eigenvalue weighted by molar-refractivity contribution is -0.137. The minimum atomic E-state index is -4.33. The van der Waals surface area contributed by atoms with Crippen LogP contribution < -0.4 is 4.90 Å². The van der Waals surface area contributed by atoms with Gasteiger partial charge in [-0.15, -0.1) is 11.3 Å². The number of likely N-dealkylation sites (tertiary alicyclic amines) is 1. The van der Waals surface area contributed by atoms with E-state index in [0.717, 1.165) is 50.4 Å². The third kappa shape index (κ3) is 3.00. The topological polar surface area (TPSA) is 32.3 Å². The van der Waals surface area contributed by atoms with Crippen LogP contribution in [0, 0.1) is 5.92 Å². The van der Waals surface area contributed by atoms with E-state index in [9.17, 15) is 13.2 Å². The van der Waals surface area contributed by atoms with Gasteiger partial charge in [0, 0.05) is 37.3 Å². The molecule has 4 nitrogen and oxygen atoms in total. The van der Waals surface area contributed by atoms with E-state index in [2.05, 4.69) is 20.2 Å². The zero-order valence-electron chi connectivity index (χ0n) is 12.9. The first kappa shape index (κ1) is 15.8. The number of thiazole rings is 1. The highest BCUT2D eigenvalue weighted by Crippen LogP contribution is 2.36. The van der Waals surface area contributed by atoms with Gasteiger partial charge in [0.15, 0.2) is 0 Å². The first-order valence-electron chi connectivity index (χ1n) is 7.90. The highest BCUT2D eigenvalue weighted by Gasteiger charge is 2.42. The fourth-order valence-corrected chi connectivity index (χ4v) is 4.27. The lowest BCUT2D eigenvalue weighted by atomic mass is 10.1. The van der Waals surface area contributed by atoms with E-state index in [-0.39, 0.29) is 0 Å². The molecule has 4 heterocycles. The van der Waals surface area contributed by atoms with E-state index in [4.69, 9.17) is 0 Å². The first-order valence-corrected chi connectivity index (χ1v) is 8.84. The Labute approximate surface area is 141 Å². The number of hydrogen-bond donors (Lipinski definition) is 0. The second kappa shape index (κ2) is 6.00. The van der Waals surface area contributed by atoms with Gasteiger partial charge in [-0.25, -0.2) is 9.97 Å². The van der Waals surface area contributed by atoms with Crippen molar-refractivity contribution in [2.75, 3.05) is 24.5 Å². The number of hydrogen-bond acceptors (Lipinski definition) is 5. The summed E-state index contributed by atoms with van der Waals surface area (Å²) in [5.74, 6) is 0.910. The van der Waals surface area contributed by atoms with Crippen molar-refractivity contribution in [1.82, 2.24) is 14.9 Å². The molecule has 0 saturated carbocycles. The lowest BCUT2D eigenvalue weighted by Crippen LogP contribution is -2.35. The molecule has 2 fully saturated rings. The van der Waals surface area contributed by atoms with Crippen molar-refractivity contribution in [3.63, 3.8) is 0 Å². The largest absolute Gasteiger partial charge is 0.416 e. The summed E-state index contributed by atoms with van der Waals surface area (Å²) >= 11 is 1.58. The van der Waals surface area contributed by atoms with Crippen LogP contribution in [-0.4, -0.2) is 40.5 Å². The molecule has 128 valence electrons. The molecule has 2 aromatic heterocycles. The first-order chi connectivity index (χ1) is 11.5. The van der Waals surface area contributed by atoms with Crippen molar-refractivity contribution in [1.29, 1.82) is 0 Å². The maximum absolute atomic E-state index is 12.9. The van der Waals surface area contributed by atoms with Crippen LogP contribution >= 0.6 is 11.3 Å². The Kier molecular flexibility index (Phi) is 3.96. The van der Waals surface area contributed by atoms with Crippen LogP contribution in [0.3, 0.4) is 0 Å². The maximum Gasteiger partial charge on any atom is 0.416 e. The van der Waals surface area contributed by atoms with E-state index in [0.29, 0.717) is 17.8 Å². The van der Waals surface area contributed by atoms with Gasteiger partial charge in [-0.1, -0.05) is 0 Å². The molecule has 0 bridgehead atoms. The summed E-state index contributed by atoms with van der Waals surface area (Å²) in [6, 6.07) is 2.55. The maximum atomic E-state index is 12.9. The summed E-state index contributed by atoms with van der Waals surface area (Å²) < 4.78 is 38.7. The molecule has 2 saturated heterocycles. The Hall–Kier alpha value is -1.67. The highest BCUT2D eigenvalue weighted by atomic mass is 32.1. The van der Waals surface area contributed by atoms with Crippen LogP contribution in [0.25, 0.3) is 0 Å². The highest BCUT2D eigenvalue weighted by molar-refractivity contribution is 7.07. The van der Waals surface area contributed by atoms with Gasteiger partial charge < -0.3 is 4.90 Å². The van der Waals surface area contributed by atoms with Gasteiger partial charge in [-0.2, -0.15) is 13.2 Å². The van der Waals surface area contributed by atoms with Crippen molar-refractivity contribution < 1.29 is 13.2 Å². The zero-order valence-corrected chi connectivity index (χ0v) is 13.7. The van der Waals surface area contributed by atoms with Gasteiger partial charge in [0.05, 0.1) is 16.8 Å². The normalized spacial score (nSPS) is 24.5. The molecule has 4 rings (SSSR count). The smallest absolute Gasteiger partial charge is 0.355 e. The van der Waals surface area contributed by atoms with Gasteiger partial charge in [-0.05, 0) is 31.0 Å². The van der Waals surface area contributed by atoms with Crippen LogP contribution in [0.4, 0.5) is 19.0 Å². The molecule has 2 aliphatic rings. The Morgan fingerprint density at radius 1 is 1.25 bits per heavy atom. The summed E-state index contributed by atoms with van der Waals surface area (Å²) in [6.45, 7) is 3.33. The van der Waals surface area contributed by atoms with E-state index < -0.39 is 11.7 Å². The molecule has 0 spiro atoms. The minimum Gasteiger partial charge on any atom is -0.355 e. The number of anilines is 1. The van der Waals surface area contributed by atoms with Crippen LogP contribution in [0.5, 0.6) is 0 Å². The standard InChI is InChI=1S/C16H17F3N4S/c17-16(18,19)12-1-3-20-15(5-12)23-6-11-2-4-22(14(11)8-23)7-13-9-24-10-21-13/h1,3,5,9-11,14H,2,4,6-8H2. The summed E-state index contributed by atoms with van der Waals surface area (Å²) in [4.78, 5) is 12.9. The number of halogens is 3. The van der Waals surface area contributed by atoms with Gasteiger partial charge in [0.1, 0.15) is 5.82 Å². The van der Waals surface area contributed by atoms with E-state index in [1.807, 2.05) is 10.4 Å². The summed E-state index contributed by atoms with van der Waals surface area (Å²) in [5.41, 5.74) is 2.26. The van der Waals surface area contributed by atoms with E-state index >= 15 is 0 Å². The predicted molar refractivity (Wildman–Crippen MR) is 85.9 cm³/mol. The van der Waals surface area contributed by atoms with Crippen molar-refractivity contribution in [3.05, 3.63) is 40.5 Å². The summed E-state index contributed by atoms with van der Waals surface area (Å²) in [6.07, 6.45) is -2.01. The molecule has 2 aliphatic heterocycles. The van der Waals surface area contributed by atoms with Crippen molar-refractivity contribution in [2.24, 2.45) is 5.92 Å². The minimum absolute atomic E-state index is 0.364. The van der Waals surface area contributed by atoms with Crippen LogP contribution in [0.15, 0.2) is 29.2 Å². The van der Waals surface area contributed by atoms with Crippen LogP contribution in [0.1, 0.15) is 17.7 Å². The Morgan fingerprint density at radius 2 is 2.12 bits per heavy atom. The molecule has 0 radical (unpaired) electrons. The Balaban J connectivity index is 1.48. The number of alkyl halides is 3. The van der Waals surface area contributed by atoms with Crippen molar-refractivity contribution in [3.8, 4) is 0 Å². The molecule has 8 heteroatoms. The Bertz CT molecular complexity index is 704. The molecule has 2 unspecified atom stereocenters. The third-order valence-electron chi connectivity index (χ3n) is 4.91. The molecular weight excluding hydrogens is 337 g/mol. The van der Waals surface area contributed by atoms with E-state index in [1.165, 1.54) is 6.20 Å². The number of pyridine rings is 1. The van der Waals surface area contributed by atoms with Crippen LogP contribution in [-0.2, 0) is 12.7 Å². The van der Waals surface area contributed by atoms with Gasteiger partial charge >= 0.3 is 6.18 Å². The Morgan fingerprint density at radius 3 is 2.88 bits per heavy atom. The predicted octanol–water partition coefficient (Wildman–Crippen LogP) is 3.27. The summed E-state index contributed by atoms with van der Waals surface area (Å²) in [5, 5.41) is 2.05. The molecule has 0 aromatic carbocycles. The zero-order chi connectivity index (χ0) is 16.7. The van der Waals surface area contributed by atoms with Crippen LogP contribution in [0.2, 0.25) is 0 Å². The molecule has 0 N–H and O–H groups in total. The number of nitrogens with zero attached hydrogens (tertiary/aromatic N) is 4. The third-order valence-corrected chi connectivity index (χ3v) is 5.54. The fourth-order valence-electron chi connectivity index (χ4n) is 3.72. The van der Waals surface area contributed by atoms with Gasteiger partial charge in [-0.3, -0.25) is 4.90 Å². The molecular formula is C16H17F3N4S. The summed E-state index contributed by atoms with van der Waals surface area (Å²) in [7, 11) is 0. The quantitative estimate of drug-likeness (QED) is 0.847. The molecule has 2 atom stereocenters.